The first-order valence-electron chi connectivity index (χ1n) is 5.60. The van der Waals surface area contributed by atoms with Gasteiger partial charge in [0.05, 0.1) is 5.69 Å². The van der Waals surface area contributed by atoms with Crippen LogP contribution < -0.4 is 10.5 Å². The third kappa shape index (κ3) is 2.95. The summed E-state index contributed by atoms with van der Waals surface area (Å²) in [7, 11) is -3.90. The number of sulfonamides is 1. The van der Waals surface area contributed by atoms with Crippen molar-refractivity contribution in [2.75, 3.05) is 4.72 Å². The van der Waals surface area contributed by atoms with Gasteiger partial charge in [0, 0.05) is 16.4 Å². The zero-order chi connectivity index (χ0) is 14.9. The van der Waals surface area contributed by atoms with Crippen molar-refractivity contribution in [3.63, 3.8) is 0 Å². The van der Waals surface area contributed by atoms with Crippen LogP contribution in [0.5, 0.6) is 0 Å². The van der Waals surface area contributed by atoms with Gasteiger partial charge in [0.2, 0.25) is 0 Å². The predicted molar refractivity (Wildman–Crippen MR) is 79.2 cm³/mol. The molecule has 8 heteroatoms. The molecule has 0 aliphatic heterocycles. The number of anilines is 1. The Labute approximate surface area is 125 Å². The van der Waals surface area contributed by atoms with Gasteiger partial charge in [-0.2, -0.15) is 0 Å². The van der Waals surface area contributed by atoms with Gasteiger partial charge in [-0.05, 0) is 36.1 Å². The lowest BCUT2D eigenvalue weighted by Crippen LogP contribution is -2.16. The summed E-state index contributed by atoms with van der Waals surface area (Å²) in [5.74, 6) is -0.694. The Morgan fingerprint density at radius 3 is 2.80 bits per heavy atom. The van der Waals surface area contributed by atoms with Crippen LogP contribution in [0.4, 0.5) is 10.1 Å². The van der Waals surface area contributed by atoms with Crippen molar-refractivity contribution in [3.8, 4) is 0 Å². The highest BCUT2D eigenvalue weighted by Gasteiger charge is 2.23. The van der Waals surface area contributed by atoms with Gasteiger partial charge in [0.1, 0.15) is 10.7 Å². The Morgan fingerprint density at radius 2 is 2.15 bits per heavy atom. The van der Waals surface area contributed by atoms with Gasteiger partial charge in [-0.25, -0.2) is 12.8 Å². The molecule has 1 heterocycles. The zero-order valence-corrected chi connectivity index (χ0v) is 12.9. The molecule has 2 aromatic rings. The summed E-state index contributed by atoms with van der Waals surface area (Å²) in [5.41, 5.74) is 5.92. The Bertz CT molecular complexity index is 744. The molecule has 4 nitrogen and oxygen atoms in total. The quantitative estimate of drug-likeness (QED) is 0.902. The smallest absolute Gasteiger partial charge is 0.263 e. The van der Waals surface area contributed by atoms with E-state index in [1.807, 2.05) is 0 Å². The molecule has 108 valence electrons. The van der Waals surface area contributed by atoms with Crippen LogP contribution in [0.25, 0.3) is 0 Å². The molecule has 0 spiro atoms. The lowest BCUT2D eigenvalue weighted by Gasteiger charge is -2.10. The standard InChI is InChI=1S/C12H12ClFN2O2S2/c1-7-6-19-11(5-15)12(7)20(17,18)16-10-4-8(13)2-3-9(10)14/h2-4,6,16H,5,15H2,1H3. The molecule has 0 saturated carbocycles. The maximum Gasteiger partial charge on any atom is 0.263 e. The first kappa shape index (κ1) is 15.2. The largest absolute Gasteiger partial charge is 0.326 e. The van der Waals surface area contributed by atoms with Crippen LogP contribution in [-0.2, 0) is 16.6 Å². The van der Waals surface area contributed by atoms with Crippen molar-refractivity contribution in [1.29, 1.82) is 0 Å². The number of hydrogen-bond donors (Lipinski definition) is 2. The Kier molecular flexibility index (Phi) is 4.33. The maximum atomic E-state index is 13.6. The van der Waals surface area contributed by atoms with E-state index in [0.717, 1.165) is 6.07 Å². The third-order valence-electron chi connectivity index (χ3n) is 2.62. The summed E-state index contributed by atoms with van der Waals surface area (Å²) in [5, 5.41) is 1.94. The molecule has 0 amide bonds. The molecule has 1 aromatic heterocycles. The van der Waals surface area contributed by atoms with Crippen LogP contribution in [0, 0.1) is 12.7 Å². The van der Waals surface area contributed by atoms with Crippen LogP contribution >= 0.6 is 22.9 Å². The van der Waals surface area contributed by atoms with E-state index < -0.39 is 15.8 Å². The predicted octanol–water partition coefficient (Wildman–Crippen LogP) is 3.11. The maximum absolute atomic E-state index is 13.6. The Morgan fingerprint density at radius 1 is 1.45 bits per heavy atom. The molecule has 0 fully saturated rings. The molecule has 2 rings (SSSR count). The van der Waals surface area contributed by atoms with Crippen molar-refractivity contribution < 1.29 is 12.8 Å². The van der Waals surface area contributed by atoms with E-state index in [-0.39, 0.29) is 22.2 Å². The summed E-state index contributed by atoms with van der Waals surface area (Å²) in [6, 6.07) is 3.67. The van der Waals surface area contributed by atoms with Crippen LogP contribution in [0.15, 0.2) is 28.5 Å². The van der Waals surface area contributed by atoms with Gasteiger partial charge >= 0.3 is 0 Å². The fourth-order valence-electron chi connectivity index (χ4n) is 1.76. The van der Waals surface area contributed by atoms with Gasteiger partial charge < -0.3 is 5.73 Å². The minimum absolute atomic E-state index is 0.101. The van der Waals surface area contributed by atoms with E-state index in [4.69, 9.17) is 17.3 Å². The molecule has 1 aromatic carbocycles. The number of nitrogens with one attached hydrogen (secondary N) is 1. The summed E-state index contributed by atoms with van der Waals surface area (Å²) >= 11 is 7.00. The van der Waals surface area contributed by atoms with Gasteiger partial charge in [-0.15, -0.1) is 11.3 Å². The lowest BCUT2D eigenvalue weighted by molar-refractivity contribution is 0.597. The topological polar surface area (TPSA) is 72.2 Å². The summed E-state index contributed by atoms with van der Waals surface area (Å²) in [6.07, 6.45) is 0. The first-order valence-corrected chi connectivity index (χ1v) is 8.34. The normalized spacial score (nSPS) is 11.6. The summed E-state index contributed by atoms with van der Waals surface area (Å²) < 4.78 is 40.5. The minimum atomic E-state index is -3.90. The van der Waals surface area contributed by atoms with Crippen molar-refractivity contribution in [2.45, 2.75) is 18.4 Å². The van der Waals surface area contributed by atoms with Crippen molar-refractivity contribution in [3.05, 3.63) is 44.9 Å². The number of hydrogen-bond acceptors (Lipinski definition) is 4. The van der Waals surface area contributed by atoms with E-state index in [0.29, 0.717) is 10.4 Å². The lowest BCUT2D eigenvalue weighted by atomic mass is 10.3. The van der Waals surface area contributed by atoms with Crippen molar-refractivity contribution in [1.82, 2.24) is 0 Å². The summed E-state index contributed by atoms with van der Waals surface area (Å²) in [6.45, 7) is 1.77. The molecular formula is C12H12ClFN2O2S2. The van der Waals surface area contributed by atoms with E-state index in [9.17, 15) is 12.8 Å². The first-order chi connectivity index (χ1) is 9.35. The van der Waals surface area contributed by atoms with Crippen LogP contribution in [0.2, 0.25) is 5.02 Å². The fraction of sp³-hybridized carbons (Fsp3) is 0.167. The number of aryl methyl sites for hydroxylation is 1. The molecule has 20 heavy (non-hydrogen) atoms. The van der Waals surface area contributed by atoms with Crippen molar-refractivity contribution >= 4 is 38.6 Å². The third-order valence-corrected chi connectivity index (χ3v) is 5.70. The highest BCUT2D eigenvalue weighted by molar-refractivity contribution is 7.93. The molecule has 0 bridgehead atoms. The molecule has 0 atom stereocenters. The van der Waals surface area contributed by atoms with E-state index in [1.54, 1.807) is 12.3 Å². The highest BCUT2D eigenvalue weighted by Crippen LogP contribution is 2.29. The molecule has 0 aliphatic rings. The number of halogens is 2. The molecule has 0 radical (unpaired) electrons. The van der Waals surface area contributed by atoms with Gasteiger partial charge in [-0.3, -0.25) is 4.72 Å². The van der Waals surface area contributed by atoms with Crippen LogP contribution in [0.3, 0.4) is 0 Å². The highest BCUT2D eigenvalue weighted by atomic mass is 35.5. The fourth-order valence-corrected chi connectivity index (χ4v) is 4.70. The van der Waals surface area contributed by atoms with Crippen molar-refractivity contribution in [2.24, 2.45) is 5.73 Å². The Hall–Kier alpha value is -1.15. The molecular weight excluding hydrogens is 323 g/mol. The van der Waals surface area contributed by atoms with E-state index in [1.165, 1.54) is 23.5 Å². The molecule has 0 aliphatic carbocycles. The minimum Gasteiger partial charge on any atom is -0.326 e. The van der Waals surface area contributed by atoms with Gasteiger partial charge in [0.25, 0.3) is 10.0 Å². The monoisotopic (exact) mass is 334 g/mol. The Balaban J connectivity index is 2.46. The second-order valence-electron chi connectivity index (χ2n) is 4.10. The average Bonchev–Trinajstić information content (AvgIpc) is 2.75. The summed E-state index contributed by atoms with van der Waals surface area (Å²) in [4.78, 5) is 0.627. The number of nitrogens with two attached hydrogens (primary N) is 1. The number of rotatable bonds is 4. The molecule has 3 N–H and O–H groups in total. The van der Waals surface area contributed by atoms with Crippen LogP contribution in [-0.4, -0.2) is 8.42 Å². The molecule has 0 saturated heterocycles. The SMILES string of the molecule is Cc1csc(CN)c1S(=O)(=O)Nc1cc(Cl)ccc1F. The second-order valence-corrected chi connectivity index (χ2v) is 7.12. The van der Waals surface area contributed by atoms with Gasteiger partial charge in [0.15, 0.2) is 0 Å². The second kappa shape index (κ2) is 5.69. The van der Waals surface area contributed by atoms with E-state index in [2.05, 4.69) is 4.72 Å². The molecule has 0 unspecified atom stereocenters. The van der Waals surface area contributed by atoms with Crippen LogP contribution in [0.1, 0.15) is 10.4 Å². The van der Waals surface area contributed by atoms with E-state index >= 15 is 0 Å². The average molecular weight is 335 g/mol. The van der Waals surface area contributed by atoms with Gasteiger partial charge in [-0.1, -0.05) is 11.6 Å². The zero-order valence-electron chi connectivity index (χ0n) is 10.5. The number of benzene rings is 1. The number of thiophene rings is 1.